The summed E-state index contributed by atoms with van der Waals surface area (Å²) < 4.78 is 14.6. The third-order valence-electron chi connectivity index (χ3n) is 22.2. The predicted octanol–water partition coefficient (Wildman–Crippen LogP) is 27.1. The molecule has 8 aromatic heterocycles. The number of aromatic nitrogens is 8. The van der Waals surface area contributed by atoms with Gasteiger partial charge in [-0.3, -0.25) is 9.13 Å². The molecule has 110 heavy (non-hydrogen) atoms. The summed E-state index contributed by atoms with van der Waals surface area (Å²) in [6.07, 6.45) is 0. The first-order valence-electron chi connectivity index (χ1n) is 37.2. The lowest BCUT2D eigenvalue weighted by atomic mass is 10.0. The molecule has 0 atom stereocenters. The van der Waals surface area contributed by atoms with Gasteiger partial charge in [0.2, 0.25) is 5.95 Å². The number of nitrogens with zero attached hydrogens (tertiary/aromatic N) is 8. The van der Waals surface area contributed by atoms with E-state index in [0.717, 1.165) is 78.6 Å². The summed E-state index contributed by atoms with van der Waals surface area (Å²) in [6, 6.07) is 130. The van der Waals surface area contributed by atoms with Crippen LogP contribution in [0, 0.1) is 0 Å². The zero-order valence-electron chi connectivity index (χ0n) is 59.0. The highest BCUT2D eigenvalue weighted by atomic mass is 32.1. The lowest BCUT2D eigenvalue weighted by molar-refractivity contribution is 0.996. The molecule has 0 spiro atoms. The summed E-state index contributed by atoms with van der Waals surface area (Å²) in [5.74, 6) is 2.20. The van der Waals surface area contributed by atoms with Gasteiger partial charge in [0.15, 0.2) is 5.82 Å². The number of hydrogen-bond donors (Lipinski definition) is 0. The Morgan fingerprint density at radius 1 is 0.200 bits per heavy atom. The minimum Gasteiger partial charge on any atom is -0.309 e. The molecular weight excluding hydrogens is 1380 g/mol. The van der Waals surface area contributed by atoms with E-state index < -0.39 is 0 Å². The van der Waals surface area contributed by atoms with E-state index in [1.165, 1.54) is 127 Å². The van der Waals surface area contributed by atoms with E-state index in [4.69, 9.17) is 19.9 Å². The van der Waals surface area contributed by atoms with Crippen LogP contribution in [0.25, 0.3) is 217 Å². The molecule has 0 amide bonds. The third kappa shape index (κ3) is 9.63. The summed E-state index contributed by atoms with van der Waals surface area (Å²) >= 11 is 3.75. The van der Waals surface area contributed by atoms with E-state index in [9.17, 15) is 0 Å². The Labute approximate surface area is 637 Å². The Morgan fingerprint density at radius 2 is 0.518 bits per heavy atom. The summed E-state index contributed by atoms with van der Waals surface area (Å²) in [5, 5.41) is 20.1. The van der Waals surface area contributed by atoms with Gasteiger partial charge in [-0.2, -0.15) is 0 Å². The van der Waals surface area contributed by atoms with Crippen LogP contribution in [0.1, 0.15) is 0 Å². The second-order valence-electron chi connectivity index (χ2n) is 28.3. The van der Waals surface area contributed by atoms with Gasteiger partial charge in [-0.05, 0) is 125 Å². The molecule has 8 nitrogen and oxygen atoms in total. The molecule has 0 aliphatic carbocycles. The second kappa shape index (κ2) is 24.7. The van der Waals surface area contributed by atoms with Crippen LogP contribution >= 0.6 is 22.7 Å². The molecule has 0 aliphatic rings. The molecule has 8 heterocycles. The van der Waals surface area contributed by atoms with Crippen LogP contribution < -0.4 is 0 Å². The quantitative estimate of drug-likeness (QED) is 0.152. The van der Waals surface area contributed by atoms with Gasteiger partial charge in [0.1, 0.15) is 5.82 Å². The van der Waals surface area contributed by atoms with Gasteiger partial charge in [-0.25, -0.2) is 19.9 Å². The fourth-order valence-corrected chi connectivity index (χ4v) is 19.7. The van der Waals surface area contributed by atoms with Gasteiger partial charge < -0.3 is 9.13 Å². The van der Waals surface area contributed by atoms with Crippen LogP contribution in [0.5, 0.6) is 0 Å². The number of para-hydroxylation sites is 4. The number of benzene rings is 16. The van der Waals surface area contributed by atoms with E-state index in [-0.39, 0.29) is 0 Å². The van der Waals surface area contributed by atoms with E-state index in [1.54, 1.807) is 0 Å². The second-order valence-corrected chi connectivity index (χ2v) is 30.5. The van der Waals surface area contributed by atoms with E-state index in [2.05, 4.69) is 346 Å². The molecule has 16 aromatic carbocycles. The predicted molar refractivity (Wildman–Crippen MR) is 464 cm³/mol. The Kier molecular flexibility index (Phi) is 13.9. The monoisotopic (exact) mass is 1440 g/mol. The molecule has 10 heteroatoms. The first-order valence-corrected chi connectivity index (χ1v) is 38.8. The minimum atomic E-state index is 0.656. The zero-order valence-corrected chi connectivity index (χ0v) is 60.7. The van der Waals surface area contributed by atoms with Crippen molar-refractivity contribution in [3.8, 4) is 68.3 Å². The summed E-state index contributed by atoms with van der Waals surface area (Å²) in [6.45, 7) is 0. The number of hydrogen-bond acceptors (Lipinski definition) is 6. The van der Waals surface area contributed by atoms with Gasteiger partial charge in [0.25, 0.3) is 0 Å². The molecule has 0 saturated carbocycles. The van der Waals surface area contributed by atoms with Crippen molar-refractivity contribution in [3.63, 3.8) is 0 Å². The lowest BCUT2D eigenvalue weighted by Gasteiger charge is -2.12. The lowest BCUT2D eigenvalue weighted by Crippen LogP contribution is -2.03. The van der Waals surface area contributed by atoms with Crippen LogP contribution in [0.4, 0.5) is 0 Å². The first kappa shape index (κ1) is 62.1. The highest BCUT2D eigenvalue weighted by Gasteiger charge is 2.27. The highest BCUT2D eigenvalue weighted by Crippen LogP contribution is 2.51. The van der Waals surface area contributed by atoms with Gasteiger partial charge in [0, 0.05) is 123 Å². The van der Waals surface area contributed by atoms with Crippen molar-refractivity contribution < 1.29 is 0 Å². The van der Waals surface area contributed by atoms with Crippen LogP contribution in [-0.4, -0.2) is 38.2 Å². The van der Waals surface area contributed by atoms with E-state index in [1.807, 2.05) is 59.1 Å². The average Bonchev–Trinajstić information content (AvgIpc) is 1.54. The third-order valence-corrected chi connectivity index (χ3v) is 24.5. The summed E-state index contributed by atoms with van der Waals surface area (Å²) in [7, 11) is 0. The normalized spacial score (nSPS) is 12.0. The summed E-state index contributed by atoms with van der Waals surface area (Å²) in [4.78, 5) is 21.0. The number of rotatable bonds is 8. The maximum absolute atomic E-state index is 5.30. The Bertz CT molecular complexity index is 7320. The zero-order chi connectivity index (χ0) is 72.1. The number of fused-ring (bicyclic) bond motifs is 24. The van der Waals surface area contributed by atoms with Crippen LogP contribution in [0.2, 0.25) is 0 Å². The topological polar surface area (TPSA) is 71.3 Å². The molecule has 0 unspecified atom stereocenters. The molecule has 24 aromatic rings. The van der Waals surface area contributed by atoms with E-state index >= 15 is 0 Å². The molecule has 0 aliphatic heterocycles. The maximum Gasteiger partial charge on any atom is 0.235 e. The SMILES string of the molecule is c1ccc(-c2cc(-c3ccccc3)nc(-n3c4ccccc4c4c5c(ccc43)sc3ccc4c(c6ccccc6n4-c4ccc6ccccc6c4)c35)n2)cc1.c1ccc(-c2cc(-n3c4ccccc4c4c5c(ccc43)sc3ccc4c(c6ccccc6n4-c4ccc6ccccc6c4)c35)nc(-c3ccccc3)n2)cc1. The molecule has 0 saturated heterocycles. The fraction of sp³-hybridized carbons (Fsp3) is 0. The Balaban J connectivity index is 0.000000132. The number of thiophene rings is 2. The Hall–Kier alpha value is -14.2. The molecule has 24 rings (SSSR count). The minimum absolute atomic E-state index is 0.656. The molecule has 0 radical (unpaired) electrons. The van der Waals surface area contributed by atoms with Crippen molar-refractivity contribution in [2.45, 2.75) is 0 Å². The highest BCUT2D eigenvalue weighted by molar-refractivity contribution is 7.26. The standard InChI is InChI=1S/2C50H30N4S/c1-3-14-32(15-4-1)38-30-39(33-16-5-2-6-17-33)52-50(51-38)54-41-22-12-10-20-37(41)47-43(54)26-28-45-49(47)48-44(55-45)27-25-42-46(48)36-19-9-11-21-40(36)53(42)35-24-23-31-13-7-8-18-34(31)29-35;1-3-14-32(15-4-1)38-30-45(52-50(51-38)33-16-5-2-6-17-33)54-40-22-12-10-20-37(40)47-42(54)26-28-44-49(47)48-43(55-44)27-25-41-46(48)36-19-9-11-21-39(36)53(41)35-24-23-31-13-7-8-18-34(31)29-35/h2*1-30H. The average molecular weight is 1440 g/mol. The fourth-order valence-electron chi connectivity index (χ4n) is 17.5. The smallest absolute Gasteiger partial charge is 0.235 e. The first-order chi connectivity index (χ1) is 54.6. The molecule has 0 fully saturated rings. The summed E-state index contributed by atoms with van der Waals surface area (Å²) in [5.41, 5.74) is 18.4. The van der Waals surface area contributed by atoms with Gasteiger partial charge >= 0.3 is 0 Å². The Morgan fingerprint density at radius 3 is 0.927 bits per heavy atom. The molecule has 0 N–H and O–H groups in total. The van der Waals surface area contributed by atoms with Crippen molar-refractivity contribution in [2.24, 2.45) is 0 Å². The van der Waals surface area contributed by atoms with Crippen LogP contribution in [-0.2, 0) is 0 Å². The van der Waals surface area contributed by atoms with Crippen molar-refractivity contribution in [3.05, 3.63) is 364 Å². The van der Waals surface area contributed by atoms with Crippen molar-refractivity contribution >= 4 is 172 Å². The van der Waals surface area contributed by atoms with Crippen molar-refractivity contribution in [2.75, 3.05) is 0 Å². The molecule has 512 valence electrons. The largest absolute Gasteiger partial charge is 0.309 e. The van der Waals surface area contributed by atoms with Crippen molar-refractivity contribution in [1.82, 2.24) is 38.2 Å². The van der Waals surface area contributed by atoms with Crippen LogP contribution in [0.3, 0.4) is 0 Å². The maximum atomic E-state index is 5.30. The van der Waals surface area contributed by atoms with Crippen molar-refractivity contribution in [1.29, 1.82) is 0 Å². The molecule has 0 bridgehead atoms. The van der Waals surface area contributed by atoms with Crippen LogP contribution in [0.15, 0.2) is 364 Å². The van der Waals surface area contributed by atoms with Gasteiger partial charge in [0.05, 0.1) is 61.2 Å². The van der Waals surface area contributed by atoms with E-state index in [0.29, 0.717) is 11.8 Å². The van der Waals surface area contributed by atoms with Gasteiger partial charge in [-0.15, -0.1) is 22.7 Å². The van der Waals surface area contributed by atoms with Gasteiger partial charge in [-0.1, -0.05) is 255 Å². The molecular formula is C100H60N8S2.